The van der Waals surface area contributed by atoms with Crippen LogP contribution in [0.4, 0.5) is 4.79 Å². The lowest BCUT2D eigenvalue weighted by molar-refractivity contribution is -0.165. The van der Waals surface area contributed by atoms with Gasteiger partial charge in [0.1, 0.15) is 5.60 Å². The van der Waals surface area contributed by atoms with Crippen LogP contribution in [-0.4, -0.2) is 70.6 Å². The Morgan fingerprint density at radius 1 is 1.12 bits per heavy atom. The Hall–Kier alpha value is -2.07. The first-order valence-corrected chi connectivity index (χ1v) is 18.2. The number of allylic oxidation sites excluding steroid dienone is 2. The van der Waals surface area contributed by atoms with Gasteiger partial charge in [-0.25, -0.2) is 4.79 Å². The van der Waals surface area contributed by atoms with Crippen LogP contribution in [0.5, 0.6) is 11.5 Å². The highest BCUT2D eigenvalue weighted by atomic mass is 28.4. The lowest BCUT2D eigenvalue weighted by Crippen LogP contribution is -2.58. The van der Waals surface area contributed by atoms with Gasteiger partial charge in [-0.05, 0) is 91.4 Å². The Bertz CT molecular complexity index is 1150. The number of phenols is 2. The minimum atomic E-state index is -2.16. The highest BCUT2D eigenvalue weighted by Crippen LogP contribution is 2.53. The van der Waals surface area contributed by atoms with Crippen LogP contribution >= 0.6 is 0 Å². The van der Waals surface area contributed by atoms with Gasteiger partial charge in [0, 0.05) is 18.0 Å². The molecular weight excluding hydrogens is 550 g/mol. The molecule has 2 heterocycles. The molecule has 1 unspecified atom stereocenters. The molecular formula is C33H55NO7Si. The lowest BCUT2D eigenvalue weighted by atomic mass is 9.69. The summed E-state index contributed by atoms with van der Waals surface area (Å²) in [6.07, 6.45) is 2.89. The van der Waals surface area contributed by atoms with Crippen molar-refractivity contribution in [2.24, 2.45) is 5.92 Å². The Morgan fingerprint density at radius 2 is 1.76 bits per heavy atom. The van der Waals surface area contributed by atoms with Crippen molar-refractivity contribution < 1.29 is 34.0 Å². The highest BCUT2D eigenvalue weighted by Gasteiger charge is 2.58. The molecule has 2 aliphatic heterocycles. The molecule has 2 aliphatic rings. The van der Waals surface area contributed by atoms with E-state index in [4.69, 9.17) is 13.9 Å². The molecule has 3 rings (SSSR count). The average Bonchev–Trinajstić information content (AvgIpc) is 3.15. The van der Waals surface area contributed by atoms with Crippen LogP contribution < -0.4 is 0 Å². The number of amides is 1. The zero-order valence-corrected chi connectivity index (χ0v) is 28.7. The van der Waals surface area contributed by atoms with E-state index in [2.05, 4.69) is 39.9 Å². The molecule has 42 heavy (non-hydrogen) atoms. The topological polar surface area (TPSA) is 109 Å². The third kappa shape index (κ3) is 7.71. The molecule has 2 saturated heterocycles. The zero-order chi connectivity index (χ0) is 31.9. The number of para-hydroxylation sites is 1. The van der Waals surface area contributed by atoms with Crippen molar-refractivity contribution in [1.82, 2.24) is 4.90 Å². The van der Waals surface area contributed by atoms with Gasteiger partial charge in [0.25, 0.3) is 0 Å². The van der Waals surface area contributed by atoms with Gasteiger partial charge >= 0.3 is 6.09 Å². The lowest BCUT2D eigenvalue weighted by Gasteiger charge is -2.51. The second kappa shape index (κ2) is 12.1. The third-order valence-electron chi connectivity index (χ3n) is 9.30. The minimum Gasteiger partial charge on any atom is -0.504 e. The van der Waals surface area contributed by atoms with E-state index in [0.717, 1.165) is 0 Å². The second-order valence-electron chi connectivity index (χ2n) is 15.5. The van der Waals surface area contributed by atoms with Crippen LogP contribution in [0.15, 0.2) is 29.8 Å². The monoisotopic (exact) mass is 605 g/mol. The van der Waals surface area contributed by atoms with E-state index in [1.165, 1.54) is 11.6 Å². The molecule has 8 nitrogen and oxygen atoms in total. The molecule has 0 bridgehead atoms. The number of carbonyl (C=O) groups excluding carboxylic acids is 1. The van der Waals surface area contributed by atoms with E-state index >= 15 is 0 Å². The Labute approximate surface area is 254 Å². The number of aromatic hydroxyl groups is 2. The minimum absolute atomic E-state index is 0.00235. The number of benzene rings is 1. The predicted molar refractivity (Wildman–Crippen MR) is 168 cm³/mol. The van der Waals surface area contributed by atoms with E-state index in [-0.39, 0.29) is 29.2 Å². The number of aliphatic hydroxyl groups is 1. The first-order valence-electron chi connectivity index (χ1n) is 15.3. The van der Waals surface area contributed by atoms with Crippen molar-refractivity contribution in [3.05, 3.63) is 35.4 Å². The number of phenolic OH excluding ortho intramolecular Hbond substituents is 2. The van der Waals surface area contributed by atoms with E-state index in [0.29, 0.717) is 37.8 Å². The van der Waals surface area contributed by atoms with Crippen molar-refractivity contribution in [3.8, 4) is 11.5 Å². The molecule has 1 amide bonds. The van der Waals surface area contributed by atoms with Crippen molar-refractivity contribution >= 4 is 14.4 Å². The quantitative estimate of drug-likeness (QED) is 0.168. The number of nitrogens with zero attached hydrogens (tertiary/aromatic N) is 1. The van der Waals surface area contributed by atoms with Gasteiger partial charge in [-0.15, -0.1) is 0 Å². The molecule has 3 N–H and O–H groups in total. The van der Waals surface area contributed by atoms with Gasteiger partial charge in [-0.2, -0.15) is 0 Å². The maximum Gasteiger partial charge on any atom is 0.410 e. The molecule has 0 radical (unpaired) electrons. The summed E-state index contributed by atoms with van der Waals surface area (Å²) in [5.74, 6) is -0.988. The fraction of sp³-hybridized carbons (Fsp3) is 0.727. The molecule has 238 valence electrons. The summed E-state index contributed by atoms with van der Waals surface area (Å²) < 4.78 is 19.3. The third-order valence-corrected chi connectivity index (χ3v) is 13.8. The maximum absolute atomic E-state index is 13.8. The van der Waals surface area contributed by atoms with E-state index in [9.17, 15) is 20.1 Å². The standard InChI is InChI=1S/C33H55NO7Si/c1-22(2)14-13-17-32(9,38)25-19-33(21-39-28(25)24-15-12-16-26(35)27(24)36)18-23(41-42(10,11)31(6,7)8)20-34(33)29(37)40-30(3,4)5/h12,14-16,23,25,28,35-36,38H,13,17-21H2,1-11H3/t23-,25-,28+,32+,33?/m1/s1. The van der Waals surface area contributed by atoms with Gasteiger partial charge in [-0.3, -0.25) is 4.90 Å². The van der Waals surface area contributed by atoms with Crippen LogP contribution in [0.2, 0.25) is 18.1 Å². The summed E-state index contributed by atoms with van der Waals surface area (Å²) in [4.78, 5) is 15.5. The predicted octanol–water partition coefficient (Wildman–Crippen LogP) is 7.44. The van der Waals surface area contributed by atoms with Crippen LogP contribution in [-0.2, 0) is 13.9 Å². The first kappa shape index (κ1) is 34.4. The molecule has 0 aromatic heterocycles. The van der Waals surface area contributed by atoms with Crippen molar-refractivity contribution in [2.75, 3.05) is 13.2 Å². The molecule has 2 fully saturated rings. The number of hydrogen-bond donors (Lipinski definition) is 3. The Morgan fingerprint density at radius 3 is 2.33 bits per heavy atom. The van der Waals surface area contributed by atoms with Gasteiger partial charge in [0.05, 0.1) is 30.0 Å². The Balaban J connectivity index is 2.06. The molecule has 1 spiro atoms. The van der Waals surface area contributed by atoms with E-state index in [1.54, 1.807) is 17.0 Å². The zero-order valence-electron chi connectivity index (χ0n) is 27.7. The van der Waals surface area contributed by atoms with E-state index in [1.807, 2.05) is 41.5 Å². The summed E-state index contributed by atoms with van der Waals surface area (Å²) in [5, 5.41) is 33.2. The van der Waals surface area contributed by atoms with Gasteiger partial charge in [-0.1, -0.05) is 44.6 Å². The maximum atomic E-state index is 13.8. The molecule has 9 heteroatoms. The number of hydrogen-bond acceptors (Lipinski definition) is 7. The van der Waals surface area contributed by atoms with Crippen molar-refractivity contribution in [3.63, 3.8) is 0 Å². The van der Waals surface area contributed by atoms with Crippen LogP contribution in [0, 0.1) is 5.92 Å². The fourth-order valence-corrected chi connectivity index (χ4v) is 7.33. The van der Waals surface area contributed by atoms with Crippen molar-refractivity contribution in [1.29, 1.82) is 0 Å². The number of rotatable bonds is 7. The van der Waals surface area contributed by atoms with Crippen LogP contribution in [0.3, 0.4) is 0 Å². The fourth-order valence-electron chi connectivity index (χ4n) is 5.99. The van der Waals surface area contributed by atoms with Crippen molar-refractivity contribution in [2.45, 2.75) is 135 Å². The van der Waals surface area contributed by atoms with Gasteiger partial charge < -0.3 is 29.2 Å². The van der Waals surface area contributed by atoms with Crippen LogP contribution in [0.1, 0.15) is 99.7 Å². The second-order valence-corrected chi connectivity index (χ2v) is 20.2. The number of ether oxygens (including phenoxy) is 2. The Kier molecular flexibility index (Phi) is 9.94. The molecule has 5 atom stereocenters. The summed E-state index contributed by atoms with van der Waals surface area (Å²) in [5.41, 5.74) is -1.07. The highest BCUT2D eigenvalue weighted by molar-refractivity contribution is 6.74. The number of carbonyl (C=O) groups is 1. The summed E-state index contributed by atoms with van der Waals surface area (Å²) in [7, 11) is -2.16. The van der Waals surface area contributed by atoms with Gasteiger partial charge in [0.15, 0.2) is 19.8 Å². The molecule has 1 aromatic carbocycles. The first-order chi connectivity index (χ1) is 19.1. The summed E-state index contributed by atoms with van der Waals surface area (Å²) >= 11 is 0. The normalized spacial score (nSPS) is 26.7. The van der Waals surface area contributed by atoms with Crippen LogP contribution in [0.25, 0.3) is 0 Å². The summed E-state index contributed by atoms with van der Waals surface area (Å²) in [6.45, 7) is 23.0. The average molecular weight is 606 g/mol. The molecule has 0 aliphatic carbocycles. The molecule has 1 aromatic rings. The smallest absolute Gasteiger partial charge is 0.410 e. The summed E-state index contributed by atoms with van der Waals surface area (Å²) in [6, 6.07) is 4.81. The van der Waals surface area contributed by atoms with E-state index < -0.39 is 43.2 Å². The SMILES string of the molecule is CC(C)=CCC[C@](C)(O)[C@@H]1CC2(CO[C@H]1c1cccc(O)c1O)C[C@@H](O[Si](C)(C)C(C)(C)C)CN2C(=O)OC(C)(C)C. The number of likely N-dealkylation sites (tertiary alicyclic amines) is 1. The molecule has 0 saturated carbocycles. The van der Waals surface area contributed by atoms with Gasteiger partial charge in [0.2, 0.25) is 0 Å². The largest absolute Gasteiger partial charge is 0.504 e.